The average Bonchev–Trinajstić information content (AvgIpc) is 2.64. The molecule has 0 aromatic heterocycles. The van der Waals surface area contributed by atoms with Crippen molar-refractivity contribution in [2.24, 2.45) is 11.3 Å². The number of nitrogens with one attached hydrogen (secondary N) is 1. The maximum absolute atomic E-state index is 10.0. The summed E-state index contributed by atoms with van der Waals surface area (Å²) >= 11 is 0. The molecule has 0 aliphatic heterocycles. The molecule has 0 spiro atoms. The molecule has 0 radical (unpaired) electrons. The van der Waals surface area contributed by atoms with E-state index in [4.69, 9.17) is 0 Å². The van der Waals surface area contributed by atoms with Gasteiger partial charge in [0.1, 0.15) is 0 Å². The van der Waals surface area contributed by atoms with Gasteiger partial charge >= 0.3 is 0 Å². The molecule has 0 aromatic rings. The highest BCUT2D eigenvalue weighted by Crippen LogP contribution is 2.27. The van der Waals surface area contributed by atoms with E-state index in [0.29, 0.717) is 12.0 Å². The number of aliphatic hydroxyl groups is 1. The molecule has 0 saturated heterocycles. The van der Waals surface area contributed by atoms with Gasteiger partial charge in [-0.3, -0.25) is 0 Å². The van der Waals surface area contributed by atoms with Crippen molar-refractivity contribution in [1.29, 1.82) is 0 Å². The summed E-state index contributed by atoms with van der Waals surface area (Å²) in [5.41, 5.74) is 0.273. The molecule has 2 nitrogen and oxygen atoms in total. The highest BCUT2D eigenvalue weighted by molar-refractivity contribution is 4.80. The van der Waals surface area contributed by atoms with Crippen LogP contribution in [0.15, 0.2) is 0 Å². The maximum atomic E-state index is 10.0. The van der Waals surface area contributed by atoms with E-state index in [-0.39, 0.29) is 11.5 Å². The molecule has 15 heavy (non-hydrogen) atoms. The lowest BCUT2D eigenvalue weighted by molar-refractivity contribution is 0.100. The largest absolute Gasteiger partial charge is 0.392 e. The van der Waals surface area contributed by atoms with Gasteiger partial charge in [0.05, 0.1) is 6.10 Å². The molecule has 0 aromatic carbocycles. The van der Waals surface area contributed by atoms with Crippen molar-refractivity contribution in [3.05, 3.63) is 0 Å². The van der Waals surface area contributed by atoms with Crippen LogP contribution in [0.1, 0.15) is 53.4 Å². The van der Waals surface area contributed by atoms with Crippen molar-refractivity contribution in [3.63, 3.8) is 0 Å². The van der Waals surface area contributed by atoms with Crippen LogP contribution in [0.3, 0.4) is 0 Å². The Morgan fingerprint density at radius 2 is 1.80 bits per heavy atom. The van der Waals surface area contributed by atoms with E-state index in [1.54, 1.807) is 0 Å². The van der Waals surface area contributed by atoms with Gasteiger partial charge in [-0.2, -0.15) is 0 Å². The number of aliphatic hydroxyl groups excluding tert-OH is 1. The quantitative estimate of drug-likeness (QED) is 0.752. The Morgan fingerprint density at radius 3 is 2.27 bits per heavy atom. The van der Waals surface area contributed by atoms with Crippen LogP contribution in [0.5, 0.6) is 0 Å². The van der Waals surface area contributed by atoms with Crippen LogP contribution in [-0.4, -0.2) is 23.8 Å². The first kappa shape index (κ1) is 13.0. The Balaban J connectivity index is 2.24. The third-order valence-corrected chi connectivity index (χ3v) is 3.88. The van der Waals surface area contributed by atoms with E-state index in [1.165, 1.54) is 25.7 Å². The minimum atomic E-state index is -0.141. The fourth-order valence-corrected chi connectivity index (χ4v) is 2.11. The minimum absolute atomic E-state index is 0.141. The SMILES string of the molecule is CC(NCC(O)C1CCCC1)C(C)(C)C. The molecule has 0 heterocycles. The number of hydrogen-bond donors (Lipinski definition) is 2. The van der Waals surface area contributed by atoms with Gasteiger partial charge in [0.15, 0.2) is 0 Å². The van der Waals surface area contributed by atoms with E-state index in [0.717, 1.165) is 6.54 Å². The van der Waals surface area contributed by atoms with Crippen molar-refractivity contribution in [2.75, 3.05) is 6.54 Å². The molecule has 2 atom stereocenters. The molecule has 1 saturated carbocycles. The molecule has 2 unspecified atom stereocenters. The second kappa shape index (κ2) is 5.31. The van der Waals surface area contributed by atoms with E-state index in [2.05, 4.69) is 33.0 Å². The fourth-order valence-electron chi connectivity index (χ4n) is 2.11. The van der Waals surface area contributed by atoms with E-state index >= 15 is 0 Å². The summed E-state index contributed by atoms with van der Waals surface area (Å²) in [6.45, 7) is 9.64. The standard InChI is InChI=1S/C13H27NO/c1-10(13(2,3)4)14-9-12(15)11-7-5-6-8-11/h10-12,14-15H,5-9H2,1-4H3. The normalized spacial score (nSPS) is 23.0. The van der Waals surface area contributed by atoms with Crippen LogP contribution < -0.4 is 5.32 Å². The van der Waals surface area contributed by atoms with Gasteiger partial charge in [-0.05, 0) is 31.1 Å². The predicted octanol–water partition coefficient (Wildman–Crippen LogP) is 2.56. The highest BCUT2D eigenvalue weighted by Gasteiger charge is 2.25. The van der Waals surface area contributed by atoms with Crippen LogP contribution in [0.25, 0.3) is 0 Å². The summed E-state index contributed by atoms with van der Waals surface area (Å²) in [5, 5.41) is 13.5. The van der Waals surface area contributed by atoms with Crippen LogP contribution in [0.4, 0.5) is 0 Å². The van der Waals surface area contributed by atoms with Crippen LogP contribution in [0.2, 0.25) is 0 Å². The second-order valence-electron chi connectivity index (χ2n) is 6.11. The van der Waals surface area contributed by atoms with Gasteiger partial charge in [0.2, 0.25) is 0 Å². The van der Waals surface area contributed by atoms with Gasteiger partial charge in [-0.1, -0.05) is 33.6 Å². The lowest BCUT2D eigenvalue weighted by Gasteiger charge is -2.30. The lowest BCUT2D eigenvalue weighted by atomic mass is 9.88. The zero-order valence-corrected chi connectivity index (χ0v) is 10.7. The summed E-state index contributed by atoms with van der Waals surface area (Å²) in [7, 11) is 0. The van der Waals surface area contributed by atoms with Gasteiger partial charge < -0.3 is 10.4 Å². The first-order valence-electron chi connectivity index (χ1n) is 6.32. The van der Waals surface area contributed by atoms with Crippen molar-refractivity contribution in [1.82, 2.24) is 5.32 Å². The van der Waals surface area contributed by atoms with Gasteiger partial charge in [-0.25, -0.2) is 0 Å². The van der Waals surface area contributed by atoms with Crippen molar-refractivity contribution >= 4 is 0 Å². The molecule has 2 N–H and O–H groups in total. The van der Waals surface area contributed by atoms with Crippen LogP contribution in [0, 0.1) is 11.3 Å². The van der Waals surface area contributed by atoms with E-state index in [1.807, 2.05) is 0 Å². The van der Waals surface area contributed by atoms with Crippen molar-refractivity contribution in [2.45, 2.75) is 65.5 Å². The third kappa shape index (κ3) is 4.12. The average molecular weight is 213 g/mol. The smallest absolute Gasteiger partial charge is 0.0692 e. The molecule has 0 bridgehead atoms. The van der Waals surface area contributed by atoms with E-state index < -0.39 is 0 Å². The summed E-state index contributed by atoms with van der Waals surface area (Å²) in [6.07, 6.45) is 4.89. The van der Waals surface area contributed by atoms with Crippen LogP contribution in [-0.2, 0) is 0 Å². The Kier molecular flexibility index (Phi) is 4.60. The Morgan fingerprint density at radius 1 is 1.27 bits per heavy atom. The zero-order chi connectivity index (χ0) is 11.5. The molecule has 1 aliphatic carbocycles. The predicted molar refractivity (Wildman–Crippen MR) is 64.9 cm³/mol. The molecule has 1 rings (SSSR count). The fraction of sp³-hybridized carbons (Fsp3) is 1.00. The van der Waals surface area contributed by atoms with Gasteiger partial charge in [0, 0.05) is 12.6 Å². The summed E-state index contributed by atoms with van der Waals surface area (Å²) in [5.74, 6) is 0.546. The van der Waals surface area contributed by atoms with Gasteiger partial charge in [-0.15, -0.1) is 0 Å². The molecular formula is C13H27NO. The Hall–Kier alpha value is -0.0800. The van der Waals surface area contributed by atoms with Gasteiger partial charge in [0.25, 0.3) is 0 Å². The summed E-state index contributed by atoms with van der Waals surface area (Å²) in [6, 6.07) is 0.452. The summed E-state index contributed by atoms with van der Waals surface area (Å²) in [4.78, 5) is 0. The molecule has 1 fully saturated rings. The maximum Gasteiger partial charge on any atom is 0.0692 e. The third-order valence-electron chi connectivity index (χ3n) is 3.88. The molecule has 2 heteroatoms. The monoisotopic (exact) mass is 213 g/mol. The summed E-state index contributed by atoms with van der Waals surface area (Å²) < 4.78 is 0. The number of hydrogen-bond acceptors (Lipinski definition) is 2. The Bertz CT molecular complexity index is 179. The van der Waals surface area contributed by atoms with Crippen molar-refractivity contribution in [3.8, 4) is 0 Å². The van der Waals surface area contributed by atoms with Crippen molar-refractivity contribution < 1.29 is 5.11 Å². The molecule has 90 valence electrons. The highest BCUT2D eigenvalue weighted by atomic mass is 16.3. The topological polar surface area (TPSA) is 32.3 Å². The van der Waals surface area contributed by atoms with E-state index in [9.17, 15) is 5.11 Å². The Labute approximate surface area is 94.5 Å². The second-order valence-corrected chi connectivity index (χ2v) is 6.11. The first-order chi connectivity index (χ1) is 6.91. The first-order valence-corrected chi connectivity index (χ1v) is 6.32. The zero-order valence-electron chi connectivity index (χ0n) is 10.7. The van der Waals surface area contributed by atoms with Crippen LogP contribution >= 0.6 is 0 Å². The number of rotatable bonds is 4. The lowest BCUT2D eigenvalue weighted by Crippen LogP contribution is -2.43. The molecular weight excluding hydrogens is 186 g/mol. The molecule has 0 amide bonds. The minimum Gasteiger partial charge on any atom is -0.392 e. The molecule has 1 aliphatic rings.